The number of methoxy groups -OCH3 is 1. The molecular formula is C22H24Cl2FN3O3S. The summed E-state index contributed by atoms with van der Waals surface area (Å²) in [4.78, 5) is 21.9. The molecule has 1 saturated heterocycles. The molecule has 10 heteroatoms. The number of fused-ring (bicyclic) bond motifs is 1. The first-order chi connectivity index (χ1) is 15.0. The summed E-state index contributed by atoms with van der Waals surface area (Å²) in [6.07, 6.45) is 0.157. The highest BCUT2D eigenvalue weighted by Gasteiger charge is 2.23. The van der Waals surface area contributed by atoms with Gasteiger partial charge in [-0.3, -0.25) is 14.6 Å². The molecule has 0 spiro atoms. The van der Waals surface area contributed by atoms with Crippen molar-refractivity contribution >= 4 is 56.6 Å². The van der Waals surface area contributed by atoms with Gasteiger partial charge in [-0.25, -0.2) is 9.37 Å². The van der Waals surface area contributed by atoms with E-state index >= 15 is 0 Å². The number of ether oxygens (including phenoxy) is 2. The maximum atomic E-state index is 13.3. The summed E-state index contributed by atoms with van der Waals surface area (Å²) in [7, 11) is 1.58. The van der Waals surface area contributed by atoms with Gasteiger partial charge < -0.3 is 9.47 Å². The second-order valence-corrected chi connectivity index (χ2v) is 8.61. The Morgan fingerprint density at radius 3 is 2.66 bits per heavy atom. The molecule has 1 aliphatic rings. The number of thiazole rings is 1. The minimum absolute atomic E-state index is 0. The standard InChI is InChI=1S/C22H23ClFN3O3S.ClH/c1-29-18-7-6-17(23)21-20(18)25-22(31-21)27(9-8-26-10-12-30-13-11-26)19(28)14-15-2-4-16(24)5-3-15;/h2-7H,8-14H2,1H3;1H. The molecule has 1 fully saturated rings. The van der Waals surface area contributed by atoms with Gasteiger partial charge in [0.2, 0.25) is 5.91 Å². The number of halogens is 3. The molecule has 1 aliphatic heterocycles. The Morgan fingerprint density at radius 1 is 1.25 bits per heavy atom. The van der Waals surface area contributed by atoms with Gasteiger partial charge in [-0.1, -0.05) is 35.1 Å². The average Bonchev–Trinajstić information content (AvgIpc) is 3.22. The van der Waals surface area contributed by atoms with E-state index in [2.05, 4.69) is 4.90 Å². The molecule has 0 unspecified atom stereocenters. The molecule has 0 bridgehead atoms. The summed E-state index contributed by atoms with van der Waals surface area (Å²) >= 11 is 7.75. The van der Waals surface area contributed by atoms with Crippen LogP contribution in [0, 0.1) is 5.82 Å². The van der Waals surface area contributed by atoms with Gasteiger partial charge in [0.1, 0.15) is 17.1 Å². The van der Waals surface area contributed by atoms with Crippen LogP contribution in [0.5, 0.6) is 5.75 Å². The molecule has 0 N–H and O–H groups in total. The molecule has 2 aromatic carbocycles. The van der Waals surface area contributed by atoms with Crippen molar-refractivity contribution in [2.24, 2.45) is 0 Å². The van der Waals surface area contributed by atoms with E-state index in [1.807, 2.05) is 0 Å². The van der Waals surface area contributed by atoms with Crippen LogP contribution in [0.3, 0.4) is 0 Å². The minimum Gasteiger partial charge on any atom is -0.494 e. The van der Waals surface area contributed by atoms with E-state index < -0.39 is 0 Å². The van der Waals surface area contributed by atoms with Crippen molar-refractivity contribution < 1.29 is 18.7 Å². The van der Waals surface area contributed by atoms with Crippen molar-refractivity contribution in [3.8, 4) is 5.75 Å². The summed E-state index contributed by atoms with van der Waals surface area (Å²) < 4.78 is 24.9. The predicted molar refractivity (Wildman–Crippen MR) is 128 cm³/mol. The van der Waals surface area contributed by atoms with Crippen molar-refractivity contribution in [1.82, 2.24) is 9.88 Å². The van der Waals surface area contributed by atoms with Gasteiger partial charge in [-0.15, -0.1) is 12.4 Å². The number of amides is 1. The fourth-order valence-electron chi connectivity index (χ4n) is 3.49. The van der Waals surface area contributed by atoms with Gasteiger partial charge in [0, 0.05) is 26.2 Å². The molecule has 3 aromatic rings. The number of hydrogen-bond acceptors (Lipinski definition) is 6. The maximum Gasteiger partial charge on any atom is 0.233 e. The van der Waals surface area contributed by atoms with Gasteiger partial charge in [0.15, 0.2) is 5.13 Å². The third-order valence-electron chi connectivity index (χ3n) is 5.21. The summed E-state index contributed by atoms with van der Waals surface area (Å²) in [6, 6.07) is 9.53. The van der Waals surface area contributed by atoms with Crippen molar-refractivity contribution in [1.29, 1.82) is 0 Å². The van der Waals surface area contributed by atoms with Gasteiger partial charge in [-0.05, 0) is 29.8 Å². The Labute approximate surface area is 201 Å². The lowest BCUT2D eigenvalue weighted by atomic mass is 10.1. The summed E-state index contributed by atoms with van der Waals surface area (Å²) in [5, 5.41) is 1.14. The first kappa shape index (κ1) is 24.7. The number of benzene rings is 2. The van der Waals surface area contributed by atoms with Crippen LogP contribution in [-0.4, -0.2) is 62.3 Å². The Morgan fingerprint density at radius 2 is 1.97 bits per heavy atom. The van der Waals surface area contributed by atoms with Crippen LogP contribution in [0.1, 0.15) is 5.56 Å². The fraction of sp³-hybridized carbons (Fsp3) is 0.364. The topological polar surface area (TPSA) is 54.9 Å². The molecule has 32 heavy (non-hydrogen) atoms. The largest absolute Gasteiger partial charge is 0.494 e. The average molecular weight is 500 g/mol. The molecule has 172 valence electrons. The third-order valence-corrected chi connectivity index (χ3v) is 6.75. The molecule has 1 amide bonds. The van der Waals surface area contributed by atoms with Crippen molar-refractivity contribution in [2.45, 2.75) is 6.42 Å². The van der Waals surface area contributed by atoms with Crippen LogP contribution >= 0.6 is 35.3 Å². The molecule has 0 aliphatic carbocycles. The molecule has 6 nitrogen and oxygen atoms in total. The van der Waals surface area contributed by atoms with Gasteiger partial charge in [0.05, 0.1) is 36.5 Å². The van der Waals surface area contributed by atoms with E-state index in [1.54, 1.807) is 36.3 Å². The van der Waals surface area contributed by atoms with Gasteiger partial charge in [0.25, 0.3) is 0 Å². The van der Waals surface area contributed by atoms with E-state index in [1.165, 1.54) is 23.5 Å². The van der Waals surface area contributed by atoms with E-state index in [-0.39, 0.29) is 30.6 Å². The van der Waals surface area contributed by atoms with E-state index in [9.17, 15) is 9.18 Å². The van der Waals surface area contributed by atoms with Crippen molar-refractivity contribution in [2.75, 3.05) is 51.4 Å². The SMILES string of the molecule is COc1ccc(Cl)c2sc(N(CCN3CCOCC3)C(=O)Cc3ccc(F)cc3)nc12.Cl. The zero-order chi connectivity index (χ0) is 21.8. The lowest BCUT2D eigenvalue weighted by molar-refractivity contribution is -0.118. The van der Waals surface area contributed by atoms with Crippen LogP contribution in [0.15, 0.2) is 36.4 Å². The molecule has 0 atom stereocenters. The van der Waals surface area contributed by atoms with Crippen LogP contribution in [0.2, 0.25) is 5.02 Å². The quantitative estimate of drug-likeness (QED) is 0.481. The van der Waals surface area contributed by atoms with Crippen LogP contribution in [-0.2, 0) is 16.0 Å². The Hall–Kier alpha value is -1.97. The van der Waals surface area contributed by atoms with Crippen molar-refractivity contribution in [3.63, 3.8) is 0 Å². The zero-order valence-corrected chi connectivity index (χ0v) is 19.9. The Balaban J connectivity index is 0.00000289. The second kappa shape index (κ2) is 11.2. The van der Waals surface area contributed by atoms with Crippen molar-refractivity contribution in [3.05, 3.63) is 52.8 Å². The second-order valence-electron chi connectivity index (χ2n) is 7.23. The zero-order valence-electron chi connectivity index (χ0n) is 17.6. The van der Waals surface area contributed by atoms with Gasteiger partial charge in [-0.2, -0.15) is 0 Å². The summed E-state index contributed by atoms with van der Waals surface area (Å²) in [5.41, 5.74) is 1.39. The number of nitrogens with zero attached hydrogens (tertiary/aromatic N) is 3. The van der Waals surface area contributed by atoms with Crippen LogP contribution < -0.4 is 9.64 Å². The normalized spacial score (nSPS) is 14.2. The monoisotopic (exact) mass is 499 g/mol. The maximum absolute atomic E-state index is 13.3. The fourth-order valence-corrected chi connectivity index (χ4v) is 4.79. The number of rotatable bonds is 7. The van der Waals surface area contributed by atoms with Crippen LogP contribution in [0.4, 0.5) is 9.52 Å². The van der Waals surface area contributed by atoms with E-state index in [0.717, 1.165) is 23.4 Å². The number of aromatic nitrogens is 1. The first-order valence-electron chi connectivity index (χ1n) is 10.0. The molecule has 1 aromatic heterocycles. The van der Waals surface area contributed by atoms with E-state index in [4.69, 9.17) is 26.1 Å². The lowest BCUT2D eigenvalue weighted by Crippen LogP contribution is -2.43. The predicted octanol–water partition coefficient (Wildman–Crippen LogP) is 4.43. The summed E-state index contributed by atoms with van der Waals surface area (Å²) in [5.74, 6) is 0.184. The third kappa shape index (κ3) is 5.68. The molecule has 0 radical (unpaired) electrons. The first-order valence-corrected chi connectivity index (χ1v) is 11.2. The number of anilines is 1. The lowest BCUT2D eigenvalue weighted by Gasteiger charge is -2.29. The summed E-state index contributed by atoms with van der Waals surface area (Å²) in [6.45, 7) is 4.24. The number of morpholine rings is 1. The Bertz CT molecular complexity index is 1060. The number of hydrogen-bond donors (Lipinski definition) is 0. The highest BCUT2D eigenvalue weighted by molar-refractivity contribution is 7.23. The molecular weight excluding hydrogens is 476 g/mol. The number of carbonyl (C=O) groups excluding carboxylic acids is 1. The highest BCUT2D eigenvalue weighted by atomic mass is 35.5. The molecule has 4 rings (SSSR count). The molecule has 0 saturated carbocycles. The number of carbonyl (C=O) groups is 1. The van der Waals surface area contributed by atoms with E-state index in [0.29, 0.717) is 47.7 Å². The Kier molecular flexibility index (Phi) is 8.67. The smallest absolute Gasteiger partial charge is 0.233 e. The van der Waals surface area contributed by atoms with Gasteiger partial charge >= 0.3 is 0 Å². The minimum atomic E-state index is -0.326. The highest BCUT2D eigenvalue weighted by Crippen LogP contribution is 2.38. The van der Waals surface area contributed by atoms with Crippen LogP contribution in [0.25, 0.3) is 10.2 Å². The molecule has 2 heterocycles.